The van der Waals surface area contributed by atoms with Gasteiger partial charge in [-0.25, -0.2) is 9.59 Å². The zero-order valence-electron chi connectivity index (χ0n) is 15.9. The van der Waals surface area contributed by atoms with E-state index in [1.165, 1.54) is 28.4 Å². The predicted molar refractivity (Wildman–Crippen MR) is 103 cm³/mol. The lowest BCUT2D eigenvalue weighted by molar-refractivity contribution is 0.0599. The van der Waals surface area contributed by atoms with Crippen molar-refractivity contribution in [3.8, 4) is 22.6 Å². The first-order valence-electron chi connectivity index (χ1n) is 7.90. The van der Waals surface area contributed by atoms with Crippen molar-refractivity contribution in [2.45, 2.75) is 13.8 Å². The van der Waals surface area contributed by atoms with Gasteiger partial charge in [-0.1, -0.05) is 0 Å². The number of aryl methyl sites for hydroxylation is 2. The van der Waals surface area contributed by atoms with Crippen molar-refractivity contribution in [1.82, 2.24) is 4.98 Å². The van der Waals surface area contributed by atoms with E-state index in [0.29, 0.717) is 38.5 Å². The molecule has 8 heteroatoms. The van der Waals surface area contributed by atoms with Crippen molar-refractivity contribution in [1.29, 1.82) is 0 Å². The molecule has 1 aromatic carbocycles. The van der Waals surface area contributed by atoms with Crippen LogP contribution in [0.15, 0.2) is 16.6 Å². The lowest BCUT2D eigenvalue weighted by Gasteiger charge is -2.18. The molecule has 2 rings (SSSR count). The Balaban J connectivity index is 2.99. The number of pyridine rings is 1. The molecule has 0 aliphatic rings. The van der Waals surface area contributed by atoms with Crippen LogP contribution < -0.4 is 9.47 Å². The average Bonchev–Trinajstić information content (AvgIpc) is 2.65. The van der Waals surface area contributed by atoms with Gasteiger partial charge in [0, 0.05) is 5.56 Å². The fraction of sp³-hybridized carbons (Fsp3) is 0.316. The summed E-state index contributed by atoms with van der Waals surface area (Å²) in [5, 5.41) is 0. The average molecular weight is 438 g/mol. The van der Waals surface area contributed by atoms with Crippen LogP contribution in [0.3, 0.4) is 0 Å². The van der Waals surface area contributed by atoms with E-state index < -0.39 is 11.9 Å². The molecule has 0 fully saturated rings. The van der Waals surface area contributed by atoms with E-state index in [9.17, 15) is 9.59 Å². The van der Waals surface area contributed by atoms with Crippen LogP contribution in [0, 0.1) is 13.8 Å². The number of carbonyl (C=O) groups is 2. The number of aromatic nitrogens is 1. The van der Waals surface area contributed by atoms with Crippen LogP contribution in [0.25, 0.3) is 11.1 Å². The summed E-state index contributed by atoms with van der Waals surface area (Å²) in [7, 11) is 5.56. The van der Waals surface area contributed by atoms with Crippen molar-refractivity contribution >= 4 is 27.9 Å². The summed E-state index contributed by atoms with van der Waals surface area (Å²) in [6.45, 7) is 3.36. The predicted octanol–water partition coefficient (Wildman–Crippen LogP) is 3.72. The van der Waals surface area contributed by atoms with E-state index in [0.717, 1.165) is 0 Å². The maximum absolute atomic E-state index is 12.5. The van der Waals surface area contributed by atoms with Crippen molar-refractivity contribution in [2.75, 3.05) is 28.4 Å². The Morgan fingerprint density at radius 1 is 0.889 bits per heavy atom. The molecule has 2 aromatic rings. The number of hydrogen-bond acceptors (Lipinski definition) is 7. The van der Waals surface area contributed by atoms with Gasteiger partial charge in [0.2, 0.25) is 0 Å². The largest absolute Gasteiger partial charge is 0.493 e. The second kappa shape index (κ2) is 8.39. The molecule has 0 saturated carbocycles. The van der Waals surface area contributed by atoms with Crippen LogP contribution in [-0.4, -0.2) is 45.4 Å². The maximum Gasteiger partial charge on any atom is 0.340 e. The monoisotopic (exact) mass is 437 g/mol. The normalized spacial score (nSPS) is 10.3. The zero-order valence-corrected chi connectivity index (χ0v) is 17.5. The summed E-state index contributed by atoms with van der Waals surface area (Å²) in [5.41, 5.74) is 2.15. The first-order valence-corrected chi connectivity index (χ1v) is 8.69. The maximum atomic E-state index is 12.5. The molecule has 1 heterocycles. The molecule has 7 nitrogen and oxygen atoms in total. The SMILES string of the molecule is COC(=O)c1c(C)nc(C)c(C(=O)OC)c1-c1cc(Br)c(OC)c(OC)c1. The van der Waals surface area contributed by atoms with Crippen LogP contribution in [-0.2, 0) is 9.47 Å². The molecule has 0 amide bonds. The van der Waals surface area contributed by atoms with Gasteiger partial charge in [0.15, 0.2) is 11.5 Å². The smallest absolute Gasteiger partial charge is 0.340 e. The second-order valence-corrected chi connectivity index (χ2v) is 6.44. The molecule has 27 heavy (non-hydrogen) atoms. The molecule has 0 N–H and O–H groups in total. The highest BCUT2D eigenvalue weighted by molar-refractivity contribution is 9.10. The number of ether oxygens (including phenoxy) is 4. The van der Waals surface area contributed by atoms with Crippen LogP contribution in [0.2, 0.25) is 0 Å². The second-order valence-electron chi connectivity index (χ2n) is 5.58. The quantitative estimate of drug-likeness (QED) is 0.658. The molecule has 0 spiro atoms. The van der Waals surface area contributed by atoms with E-state index in [2.05, 4.69) is 20.9 Å². The summed E-state index contributed by atoms with van der Waals surface area (Å²) < 4.78 is 21.2. The molecular weight excluding hydrogens is 418 g/mol. The highest BCUT2D eigenvalue weighted by Gasteiger charge is 2.28. The number of nitrogens with zero attached hydrogens (tertiary/aromatic N) is 1. The number of carbonyl (C=O) groups excluding carboxylic acids is 2. The Kier molecular flexibility index (Phi) is 6.43. The zero-order chi connectivity index (χ0) is 20.3. The third-order valence-corrected chi connectivity index (χ3v) is 4.65. The van der Waals surface area contributed by atoms with Gasteiger partial charge in [0.05, 0.1) is 55.4 Å². The Hall–Kier alpha value is -2.61. The topological polar surface area (TPSA) is 84.0 Å². The summed E-state index contributed by atoms with van der Waals surface area (Å²) >= 11 is 3.44. The minimum Gasteiger partial charge on any atom is -0.493 e. The van der Waals surface area contributed by atoms with E-state index in [1.54, 1.807) is 26.0 Å². The third kappa shape index (κ3) is 3.75. The summed E-state index contributed by atoms with van der Waals surface area (Å²) in [5.74, 6) is -0.291. The highest BCUT2D eigenvalue weighted by Crippen LogP contribution is 2.42. The van der Waals surface area contributed by atoms with Gasteiger partial charge >= 0.3 is 11.9 Å². The molecule has 0 saturated heterocycles. The minimum absolute atomic E-state index is 0.183. The first-order chi connectivity index (χ1) is 12.8. The molecular formula is C19H20BrNO6. The molecule has 0 aliphatic heterocycles. The van der Waals surface area contributed by atoms with E-state index in [1.807, 2.05) is 0 Å². The summed E-state index contributed by atoms with van der Waals surface area (Å²) in [6, 6.07) is 3.41. The summed E-state index contributed by atoms with van der Waals surface area (Å²) in [6.07, 6.45) is 0. The summed E-state index contributed by atoms with van der Waals surface area (Å²) in [4.78, 5) is 29.3. The van der Waals surface area contributed by atoms with Crippen LogP contribution >= 0.6 is 15.9 Å². The van der Waals surface area contributed by atoms with Crippen molar-refractivity contribution in [2.24, 2.45) is 0 Å². The molecule has 0 aliphatic carbocycles. The standard InChI is InChI=1S/C19H20BrNO6/c1-9-14(18(22)26-5)16(15(10(2)21-9)19(23)27-6)11-7-12(20)17(25-4)13(8-11)24-3/h7-8H,1-6H3. The van der Waals surface area contributed by atoms with Gasteiger partial charge in [-0.15, -0.1) is 0 Å². The van der Waals surface area contributed by atoms with E-state index in [-0.39, 0.29) is 11.1 Å². The van der Waals surface area contributed by atoms with E-state index >= 15 is 0 Å². The Morgan fingerprint density at radius 2 is 1.41 bits per heavy atom. The Bertz CT molecular complexity index is 870. The molecule has 0 unspecified atom stereocenters. The first kappa shape index (κ1) is 20.7. The fourth-order valence-corrected chi connectivity index (χ4v) is 3.51. The van der Waals surface area contributed by atoms with Gasteiger partial charge in [0.1, 0.15) is 0 Å². The molecule has 0 radical (unpaired) electrons. The van der Waals surface area contributed by atoms with E-state index in [4.69, 9.17) is 18.9 Å². The van der Waals surface area contributed by atoms with Crippen molar-refractivity contribution < 1.29 is 28.5 Å². The molecule has 1 aromatic heterocycles. The van der Waals surface area contributed by atoms with Crippen LogP contribution in [0.4, 0.5) is 0 Å². The lowest BCUT2D eigenvalue weighted by Crippen LogP contribution is -2.16. The third-order valence-electron chi connectivity index (χ3n) is 4.06. The van der Waals surface area contributed by atoms with Crippen molar-refractivity contribution in [3.63, 3.8) is 0 Å². The lowest BCUT2D eigenvalue weighted by atomic mass is 9.92. The Labute approximate surface area is 165 Å². The molecule has 0 atom stereocenters. The number of halogens is 1. The number of rotatable bonds is 5. The Morgan fingerprint density at radius 3 is 1.81 bits per heavy atom. The van der Waals surface area contributed by atoms with Gasteiger partial charge in [0.25, 0.3) is 0 Å². The van der Waals surface area contributed by atoms with Gasteiger partial charge in [-0.3, -0.25) is 4.98 Å². The number of methoxy groups -OCH3 is 4. The van der Waals surface area contributed by atoms with Crippen LogP contribution in [0.5, 0.6) is 11.5 Å². The molecule has 144 valence electrons. The highest BCUT2D eigenvalue weighted by atomic mass is 79.9. The number of esters is 2. The minimum atomic E-state index is -0.605. The van der Waals surface area contributed by atoms with Gasteiger partial charge in [-0.2, -0.15) is 0 Å². The van der Waals surface area contributed by atoms with Crippen molar-refractivity contribution in [3.05, 3.63) is 39.1 Å². The van der Waals surface area contributed by atoms with Crippen LogP contribution in [0.1, 0.15) is 32.1 Å². The fourth-order valence-electron chi connectivity index (χ4n) is 2.90. The van der Waals surface area contributed by atoms with Gasteiger partial charge < -0.3 is 18.9 Å². The van der Waals surface area contributed by atoms with Gasteiger partial charge in [-0.05, 0) is 47.5 Å². The number of benzene rings is 1. The number of hydrogen-bond donors (Lipinski definition) is 0. The molecule has 0 bridgehead atoms.